The third kappa shape index (κ3) is 2.57. The first-order valence-corrected chi connectivity index (χ1v) is 9.20. The van der Waals surface area contributed by atoms with E-state index in [1.807, 2.05) is 24.9 Å². The van der Waals surface area contributed by atoms with Crippen molar-refractivity contribution >= 4 is 27.7 Å². The van der Waals surface area contributed by atoms with E-state index in [1.54, 1.807) is 6.07 Å². The first-order chi connectivity index (χ1) is 13.1. The van der Waals surface area contributed by atoms with Crippen molar-refractivity contribution in [3.05, 3.63) is 47.7 Å². The van der Waals surface area contributed by atoms with E-state index < -0.39 is 0 Å². The average molecular weight is 365 g/mol. The molecule has 5 rings (SSSR count). The fourth-order valence-corrected chi connectivity index (χ4v) is 4.24. The lowest BCUT2D eigenvalue weighted by Gasteiger charge is -2.33. The normalized spacial score (nSPS) is 15.9. The highest BCUT2D eigenvalue weighted by atomic mass is 19.1. The number of anilines is 1. The van der Waals surface area contributed by atoms with Crippen LogP contribution in [0.2, 0.25) is 0 Å². The molecule has 1 aliphatic rings. The van der Waals surface area contributed by atoms with Gasteiger partial charge in [-0.05, 0) is 38.0 Å². The highest BCUT2D eigenvalue weighted by Gasteiger charge is 2.26. The summed E-state index contributed by atoms with van der Waals surface area (Å²) >= 11 is 0. The molecule has 1 aromatic carbocycles. The van der Waals surface area contributed by atoms with Gasteiger partial charge in [-0.2, -0.15) is 5.10 Å². The second-order valence-corrected chi connectivity index (χ2v) is 7.21. The third-order valence-corrected chi connectivity index (χ3v) is 5.56. The maximum absolute atomic E-state index is 13.4. The zero-order chi connectivity index (χ0) is 18.5. The summed E-state index contributed by atoms with van der Waals surface area (Å²) in [6.45, 7) is 3.88. The molecular weight excluding hydrogens is 345 g/mol. The first-order valence-electron chi connectivity index (χ1n) is 9.20. The van der Waals surface area contributed by atoms with E-state index >= 15 is 0 Å². The lowest BCUT2D eigenvalue weighted by Crippen LogP contribution is -2.33. The molecule has 1 saturated heterocycles. The maximum Gasteiger partial charge on any atom is 0.170 e. The summed E-state index contributed by atoms with van der Waals surface area (Å²) in [4.78, 5) is 6.87. The summed E-state index contributed by atoms with van der Waals surface area (Å²) < 4.78 is 20.6. The van der Waals surface area contributed by atoms with Gasteiger partial charge in [-0.25, -0.2) is 9.37 Å². The van der Waals surface area contributed by atoms with Gasteiger partial charge in [0.2, 0.25) is 0 Å². The number of benzene rings is 1. The van der Waals surface area contributed by atoms with Crippen LogP contribution in [0.3, 0.4) is 0 Å². The summed E-state index contributed by atoms with van der Waals surface area (Å²) in [6, 6.07) is 6.72. The molecule has 138 valence electrons. The minimum atomic E-state index is -0.298. The number of hydrogen-bond donors (Lipinski definition) is 0. The van der Waals surface area contributed by atoms with Crippen molar-refractivity contribution in [1.82, 2.24) is 19.9 Å². The van der Waals surface area contributed by atoms with Gasteiger partial charge in [-0.3, -0.25) is 4.68 Å². The molecule has 0 N–H and O–H groups in total. The van der Waals surface area contributed by atoms with Gasteiger partial charge in [0, 0.05) is 43.7 Å². The number of halogens is 1. The topological polar surface area (TPSA) is 60.0 Å². The van der Waals surface area contributed by atoms with Crippen molar-refractivity contribution in [2.24, 2.45) is 7.05 Å². The van der Waals surface area contributed by atoms with Crippen molar-refractivity contribution in [3.63, 3.8) is 0 Å². The van der Waals surface area contributed by atoms with Crippen molar-refractivity contribution < 1.29 is 8.91 Å². The summed E-state index contributed by atoms with van der Waals surface area (Å²) in [5.41, 5.74) is 4.58. The van der Waals surface area contributed by atoms with Gasteiger partial charge >= 0.3 is 0 Å². The Morgan fingerprint density at radius 3 is 2.81 bits per heavy atom. The van der Waals surface area contributed by atoms with Crippen molar-refractivity contribution in [2.75, 3.05) is 18.0 Å². The Morgan fingerprint density at radius 2 is 2.00 bits per heavy atom. The van der Waals surface area contributed by atoms with Gasteiger partial charge in [-0.1, -0.05) is 5.16 Å². The molecule has 27 heavy (non-hydrogen) atoms. The molecule has 4 aromatic rings. The zero-order valence-electron chi connectivity index (χ0n) is 15.3. The van der Waals surface area contributed by atoms with Gasteiger partial charge in [0.1, 0.15) is 5.82 Å². The molecule has 0 aliphatic carbocycles. The molecule has 0 amide bonds. The lowest BCUT2D eigenvalue weighted by atomic mass is 9.91. The molecule has 0 radical (unpaired) electrons. The van der Waals surface area contributed by atoms with Crippen LogP contribution in [0.15, 0.2) is 35.0 Å². The first kappa shape index (κ1) is 16.2. The minimum absolute atomic E-state index is 0.298. The van der Waals surface area contributed by atoms with E-state index in [4.69, 9.17) is 4.52 Å². The van der Waals surface area contributed by atoms with Gasteiger partial charge in [-0.15, -0.1) is 0 Å². The van der Waals surface area contributed by atoms with Gasteiger partial charge < -0.3 is 9.42 Å². The molecule has 1 aliphatic heterocycles. The minimum Gasteiger partial charge on any atom is -0.371 e. The maximum atomic E-state index is 13.4. The Hall–Kier alpha value is -2.96. The number of hydrogen-bond acceptors (Lipinski definition) is 5. The molecule has 0 saturated carbocycles. The van der Waals surface area contributed by atoms with Crippen LogP contribution in [-0.4, -0.2) is 33.0 Å². The van der Waals surface area contributed by atoms with E-state index in [2.05, 4.69) is 26.2 Å². The van der Waals surface area contributed by atoms with E-state index in [1.165, 1.54) is 17.8 Å². The predicted octanol–water partition coefficient (Wildman–Crippen LogP) is 3.94. The molecule has 3 aromatic heterocycles. The quantitative estimate of drug-likeness (QED) is 0.538. The standard InChI is InChI=1S/C20H20FN5O/c1-12-18-16(5-8-22-20(18)25(2)23-12)26-9-6-13(7-10-26)19-15-4-3-14(21)11-17(15)27-24-19/h3-5,8,11,13H,6-7,9-10H2,1-2H3. The molecule has 1 fully saturated rings. The SMILES string of the molecule is Cc1nn(C)c2nccc(N3CCC(c4noc5cc(F)ccc45)CC3)c12. The number of rotatable bonds is 2. The molecule has 0 atom stereocenters. The van der Waals surface area contributed by atoms with Crippen LogP contribution in [0, 0.1) is 12.7 Å². The summed E-state index contributed by atoms with van der Waals surface area (Å²) in [7, 11) is 1.93. The van der Waals surface area contributed by atoms with Crippen LogP contribution < -0.4 is 4.90 Å². The summed E-state index contributed by atoms with van der Waals surface area (Å²) in [6.07, 6.45) is 3.80. The van der Waals surface area contributed by atoms with Crippen molar-refractivity contribution in [1.29, 1.82) is 0 Å². The van der Waals surface area contributed by atoms with Crippen LogP contribution in [0.1, 0.15) is 30.1 Å². The number of aryl methyl sites for hydroxylation is 2. The second kappa shape index (κ2) is 6.04. The van der Waals surface area contributed by atoms with Gasteiger partial charge in [0.05, 0.1) is 22.5 Å². The lowest BCUT2D eigenvalue weighted by molar-refractivity contribution is 0.416. The fraction of sp³-hybridized carbons (Fsp3) is 0.350. The number of piperidine rings is 1. The van der Waals surface area contributed by atoms with Gasteiger partial charge in [0.25, 0.3) is 0 Å². The van der Waals surface area contributed by atoms with E-state index in [0.29, 0.717) is 11.5 Å². The molecule has 0 spiro atoms. The molecule has 7 heteroatoms. The molecular formula is C20H20FN5O. The second-order valence-electron chi connectivity index (χ2n) is 7.21. The Morgan fingerprint density at radius 1 is 1.19 bits per heavy atom. The van der Waals surface area contributed by atoms with Crippen LogP contribution in [0.5, 0.6) is 0 Å². The Labute approximate surface area is 155 Å². The van der Waals surface area contributed by atoms with Crippen LogP contribution in [-0.2, 0) is 7.05 Å². The molecule has 0 unspecified atom stereocenters. The number of nitrogens with zero attached hydrogens (tertiary/aromatic N) is 5. The van der Waals surface area contributed by atoms with Crippen LogP contribution >= 0.6 is 0 Å². The van der Waals surface area contributed by atoms with Gasteiger partial charge in [0.15, 0.2) is 11.2 Å². The summed E-state index contributed by atoms with van der Waals surface area (Å²) in [5.74, 6) is 0.0221. The Balaban J connectivity index is 1.42. The van der Waals surface area contributed by atoms with Crippen molar-refractivity contribution in [2.45, 2.75) is 25.7 Å². The van der Waals surface area contributed by atoms with Crippen LogP contribution in [0.25, 0.3) is 22.0 Å². The average Bonchev–Trinajstić information content (AvgIpc) is 3.22. The smallest absolute Gasteiger partial charge is 0.170 e. The Kier molecular flexibility index (Phi) is 3.63. The largest absolute Gasteiger partial charge is 0.371 e. The fourth-order valence-electron chi connectivity index (χ4n) is 4.24. The highest BCUT2D eigenvalue weighted by molar-refractivity contribution is 5.92. The Bertz CT molecular complexity index is 1140. The van der Waals surface area contributed by atoms with E-state index in [0.717, 1.165) is 53.7 Å². The number of fused-ring (bicyclic) bond motifs is 2. The van der Waals surface area contributed by atoms with Crippen LogP contribution in [0.4, 0.5) is 10.1 Å². The number of aromatic nitrogens is 4. The monoisotopic (exact) mass is 365 g/mol. The molecule has 6 nitrogen and oxygen atoms in total. The molecule has 0 bridgehead atoms. The van der Waals surface area contributed by atoms with Crippen molar-refractivity contribution in [3.8, 4) is 0 Å². The highest BCUT2D eigenvalue weighted by Crippen LogP contribution is 2.36. The summed E-state index contributed by atoms with van der Waals surface area (Å²) in [5, 5.41) is 10.8. The molecule has 4 heterocycles. The van der Waals surface area contributed by atoms with E-state index in [-0.39, 0.29) is 5.82 Å². The number of pyridine rings is 1. The predicted molar refractivity (Wildman–Crippen MR) is 101 cm³/mol. The third-order valence-electron chi connectivity index (χ3n) is 5.56. The van der Waals surface area contributed by atoms with E-state index in [9.17, 15) is 4.39 Å². The zero-order valence-corrected chi connectivity index (χ0v) is 15.3.